The summed E-state index contributed by atoms with van der Waals surface area (Å²) >= 11 is 0. The lowest BCUT2D eigenvalue weighted by Crippen LogP contribution is -2.33. The highest BCUT2D eigenvalue weighted by atomic mass is 16.5. The van der Waals surface area contributed by atoms with E-state index in [1.54, 1.807) is 19.4 Å². The maximum absolute atomic E-state index is 13.0. The Morgan fingerprint density at radius 2 is 1.88 bits per heavy atom. The summed E-state index contributed by atoms with van der Waals surface area (Å²) in [5.74, 6) is -0.145. The van der Waals surface area contributed by atoms with Gasteiger partial charge >= 0.3 is 0 Å². The van der Waals surface area contributed by atoms with Crippen LogP contribution in [0.4, 0.5) is 0 Å². The SMILES string of the molecule is CO[C@H]1Cc2ccccc2[C@H]1NC(=O)C=Cc1c(-c2ccccc2)n(C)c2ncccc12. The van der Waals surface area contributed by atoms with Crippen molar-refractivity contribution in [2.75, 3.05) is 7.11 Å². The molecule has 0 aliphatic heterocycles. The number of amides is 1. The molecule has 5 rings (SSSR count). The number of nitrogens with one attached hydrogen (secondary N) is 1. The second kappa shape index (κ2) is 8.44. The lowest BCUT2D eigenvalue weighted by atomic mass is 10.0. The van der Waals surface area contributed by atoms with Crippen molar-refractivity contribution in [1.29, 1.82) is 0 Å². The van der Waals surface area contributed by atoms with Gasteiger partial charge in [-0.2, -0.15) is 0 Å². The number of fused-ring (bicyclic) bond motifs is 2. The van der Waals surface area contributed by atoms with Gasteiger partial charge in [-0.1, -0.05) is 54.6 Å². The third-order valence-corrected chi connectivity index (χ3v) is 6.22. The van der Waals surface area contributed by atoms with Gasteiger partial charge in [-0.25, -0.2) is 4.98 Å². The Morgan fingerprint density at radius 1 is 1.09 bits per heavy atom. The largest absolute Gasteiger partial charge is 0.379 e. The van der Waals surface area contributed by atoms with Crippen LogP contribution in [0.15, 0.2) is 79.0 Å². The minimum absolute atomic E-state index is 0.0635. The lowest BCUT2D eigenvalue weighted by molar-refractivity contribution is -0.118. The summed E-state index contributed by atoms with van der Waals surface area (Å²) in [4.78, 5) is 17.5. The van der Waals surface area contributed by atoms with E-state index in [4.69, 9.17) is 4.74 Å². The van der Waals surface area contributed by atoms with Crippen LogP contribution in [0.2, 0.25) is 0 Å². The highest BCUT2D eigenvalue weighted by molar-refractivity contribution is 6.00. The maximum atomic E-state index is 13.0. The zero-order valence-electron chi connectivity index (χ0n) is 18.2. The molecule has 2 aromatic heterocycles. The standard InChI is InChI=1S/C27H25N3O2/c1-30-26(18-9-4-3-5-10-18)21(22-13-8-16-28-27(22)30)14-15-24(31)29-25-20-12-7-6-11-19(20)17-23(25)32-2/h3-16,23,25H,17H2,1-2H3,(H,29,31)/t23-,25+/m0/s1. The van der Waals surface area contributed by atoms with Crippen molar-refractivity contribution in [1.82, 2.24) is 14.9 Å². The minimum Gasteiger partial charge on any atom is -0.379 e. The number of benzene rings is 2. The first-order valence-corrected chi connectivity index (χ1v) is 10.8. The normalized spacial score (nSPS) is 17.7. The first-order valence-electron chi connectivity index (χ1n) is 10.8. The molecule has 0 unspecified atom stereocenters. The topological polar surface area (TPSA) is 56.1 Å². The van der Waals surface area contributed by atoms with Crippen molar-refractivity contribution in [3.8, 4) is 11.3 Å². The monoisotopic (exact) mass is 423 g/mol. The molecule has 0 saturated heterocycles. The number of aryl methyl sites for hydroxylation is 1. The Labute approximate surface area is 187 Å². The van der Waals surface area contributed by atoms with E-state index in [-0.39, 0.29) is 18.1 Å². The molecule has 1 amide bonds. The second-order valence-electron chi connectivity index (χ2n) is 8.06. The van der Waals surface area contributed by atoms with Crippen LogP contribution in [0.1, 0.15) is 22.7 Å². The molecule has 0 spiro atoms. The van der Waals surface area contributed by atoms with Gasteiger partial charge in [0.2, 0.25) is 5.91 Å². The number of pyridine rings is 1. The predicted molar refractivity (Wildman–Crippen MR) is 127 cm³/mol. The first-order chi connectivity index (χ1) is 15.7. The molecule has 2 heterocycles. The molecule has 5 heteroatoms. The summed E-state index contributed by atoms with van der Waals surface area (Å²) in [5.41, 5.74) is 6.32. The number of methoxy groups -OCH3 is 1. The van der Waals surface area contributed by atoms with Crippen molar-refractivity contribution in [3.05, 3.63) is 95.7 Å². The fourth-order valence-electron chi connectivity index (χ4n) is 4.71. The molecule has 1 aliphatic rings. The number of hydrogen-bond acceptors (Lipinski definition) is 3. The Kier molecular flexibility index (Phi) is 5.33. The van der Waals surface area contributed by atoms with Crippen molar-refractivity contribution >= 4 is 23.0 Å². The minimum atomic E-state index is -0.156. The van der Waals surface area contributed by atoms with Gasteiger partial charge in [-0.05, 0) is 34.9 Å². The number of carbonyl (C=O) groups excluding carboxylic acids is 1. The molecule has 0 bridgehead atoms. The van der Waals surface area contributed by atoms with E-state index < -0.39 is 0 Å². The van der Waals surface area contributed by atoms with Crippen LogP contribution in [0.25, 0.3) is 28.4 Å². The van der Waals surface area contributed by atoms with Crippen LogP contribution in [0.3, 0.4) is 0 Å². The number of nitrogens with zero attached hydrogens (tertiary/aromatic N) is 2. The number of rotatable bonds is 5. The molecule has 2 atom stereocenters. The van der Waals surface area contributed by atoms with E-state index >= 15 is 0 Å². The summed E-state index contributed by atoms with van der Waals surface area (Å²) < 4.78 is 7.74. The fourth-order valence-corrected chi connectivity index (χ4v) is 4.71. The molecular weight excluding hydrogens is 398 g/mol. The lowest BCUT2D eigenvalue weighted by Gasteiger charge is -2.20. The fraction of sp³-hybridized carbons (Fsp3) is 0.185. The Morgan fingerprint density at radius 3 is 2.69 bits per heavy atom. The molecule has 32 heavy (non-hydrogen) atoms. The summed E-state index contributed by atoms with van der Waals surface area (Å²) in [6.45, 7) is 0. The molecule has 5 nitrogen and oxygen atoms in total. The van der Waals surface area contributed by atoms with E-state index in [0.717, 1.165) is 39.8 Å². The van der Waals surface area contributed by atoms with E-state index in [1.807, 2.05) is 55.6 Å². The summed E-state index contributed by atoms with van der Waals surface area (Å²) in [7, 11) is 3.70. The smallest absolute Gasteiger partial charge is 0.244 e. The quantitative estimate of drug-likeness (QED) is 0.474. The van der Waals surface area contributed by atoms with Crippen molar-refractivity contribution in [2.45, 2.75) is 18.6 Å². The number of hydrogen-bond donors (Lipinski definition) is 1. The molecule has 1 aliphatic carbocycles. The average molecular weight is 424 g/mol. The summed E-state index contributed by atoms with van der Waals surface area (Å²) in [6.07, 6.45) is 6.03. The second-order valence-corrected chi connectivity index (χ2v) is 8.06. The van der Waals surface area contributed by atoms with Gasteiger partial charge in [0.05, 0.1) is 17.8 Å². The predicted octanol–water partition coefficient (Wildman–Crippen LogP) is 4.68. The average Bonchev–Trinajstić information content (AvgIpc) is 3.33. The molecule has 2 aromatic carbocycles. The Balaban J connectivity index is 1.48. The van der Waals surface area contributed by atoms with Crippen LogP contribution in [-0.4, -0.2) is 28.7 Å². The van der Waals surface area contributed by atoms with Crippen LogP contribution < -0.4 is 5.32 Å². The van der Waals surface area contributed by atoms with Gasteiger partial charge in [0.1, 0.15) is 5.65 Å². The molecule has 0 fully saturated rings. The summed E-state index contributed by atoms with van der Waals surface area (Å²) in [5, 5.41) is 4.16. The number of carbonyl (C=O) groups is 1. The van der Waals surface area contributed by atoms with Gasteiger partial charge in [-0.15, -0.1) is 0 Å². The summed E-state index contributed by atoms with van der Waals surface area (Å²) in [6, 6.07) is 22.2. The van der Waals surface area contributed by atoms with Crippen molar-refractivity contribution in [3.63, 3.8) is 0 Å². The Hall–Kier alpha value is -3.70. The van der Waals surface area contributed by atoms with Crippen molar-refractivity contribution in [2.24, 2.45) is 7.05 Å². The van der Waals surface area contributed by atoms with Crippen LogP contribution in [0, 0.1) is 0 Å². The van der Waals surface area contributed by atoms with E-state index in [9.17, 15) is 4.79 Å². The third-order valence-electron chi connectivity index (χ3n) is 6.22. The molecule has 160 valence electrons. The van der Waals surface area contributed by atoms with Crippen LogP contribution >= 0.6 is 0 Å². The third kappa shape index (κ3) is 3.51. The molecule has 4 aromatic rings. The van der Waals surface area contributed by atoms with E-state index in [2.05, 4.69) is 39.1 Å². The Bertz CT molecular complexity index is 1310. The number of aromatic nitrogens is 2. The van der Waals surface area contributed by atoms with E-state index in [1.165, 1.54) is 5.56 Å². The first kappa shape index (κ1) is 20.2. The van der Waals surface area contributed by atoms with E-state index in [0.29, 0.717) is 0 Å². The van der Waals surface area contributed by atoms with Gasteiger partial charge < -0.3 is 14.6 Å². The van der Waals surface area contributed by atoms with Crippen LogP contribution in [0.5, 0.6) is 0 Å². The zero-order valence-corrected chi connectivity index (χ0v) is 18.2. The highest BCUT2D eigenvalue weighted by Gasteiger charge is 2.33. The van der Waals surface area contributed by atoms with Crippen LogP contribution in [-0.2, 0) is 23.0 Å². The molecular formula is C27H25N3O2. The van der Waals surface area contributed by atoms with Gasteiger partial charge in [-0.3, -0.25) is 4.79 Å². The van der Waals surface area contributed by atoms with Crippen molar-refractivity contribution < 1.29 is 9.53 Å². The van der Waals surface area contributed by atoms with Gasteiger partial charge in [0.25, 0.3) is 0 Å². The molecule has 0 radical (unpaired) electrons. The zero-order chi connectivity index (χ0) is 22.1. The molecule has 1 N–H and O–H groups in total. The number of ether oxygens (including phenoxy) is 1. The van der Waals surface area contributed by atoms with Gasteiger partial charge in [0.15, 0.2) is 0 Å². The molecule has 0 saturated carbocycles. The highest BCUT2D eigenvalue weighted by Crippen LogP contribution is 2.34. The van der Waals surface area contributed by atoms with Gasteiger partial charge in [0, 0.05) is 43.8 Å². The maximum Gasteiger partial charge on any atom is 0.244 e.